The van der Waals surface area contributed by atoms with Gasteiger partial charge in [0.05, 0.1) is 6.54 Å². The topological polar surface area (TPSA) is 59.2 Å². The smallest absolute Gasteiger partial charge is 0.258 e. The van der Waals surface area contributed by atoms with Gasteiger partial charge in [0.25, 0.3) is 5.91 Å². The molecule has 1 aromatic heterocycles. The lowest BCUT2D eigenvalue weighted by Gasteiger charge is -2.15. The molecule has 3 aromatic rings. The Morgan fingerprint density at radius 3 is 2.68 bits per heavy atom. The number of aryl methyl sites for hydroxylation is 1. The van der Waals surface area contributed by atoms with Crippen LogP contribution in [0.15, 0.2) is 53.1 Å². The number of rotatable bonds is 2. The summed E-state index contributed by atoms with van der Waals surface area (Å²) in [5.41, 5.74) is 3.47. The first kappa shape index (κ1) is 12.8. The van der Waals surface area contributed by atoms with E-state index in [1.165, 1.54) is 0 Å². The molecule has 5 heteroatoms. The minimum absolute atomic E-state index is 0.0250. The summed E-state index contributed by atoms with van der Waals surface area (Å²) in [6.45, 7) is 2.31. The lowest BCUT2D eigenvalue weighted by Crippen LogP contribution is -2.22. The molecule has 2 aromatic carbocycles. The summed E-state index contributed by atoms with van der Waals surface area (Å²) >= 11 is 0. The molecule has 1 aliphatic heterocycles. The number of hydrogen-bond acceptors (Lipinski definition) is 4. The predicted molar refractivity (Wildman–Crippen MR) is 81.4 cm³/mol. The number of fused-ring (bicyclic) bond motifs is 1. The van der Waals surface area contributed by atoms with Crippen LogP contribution in [0.4, 0.5) is 5.69 Å². The van der Waals surface area contributed by atoms with Crippen LogP contribution in [0.2, 0.25) is 0 Å². The van der Waals surface area contributed by atoms with Crippen LogP contribution in [0.1, 0.15) is 21.8 Å². The molecule has 2 heterocycles. The van der Waals surface area contributed by atoms with E-state index in [4.69, 9.17) is 4.52 Å². The summed E-state index contributed by atoms with van der Waals surface area (Å²) in [6, 6.07) is 15.3. The average molecular weight is 291 g/mol. The molecule has 0 saturated heterocycles. The van der Waals surface area contributed by atoms with Crippen molar-refractivity contribution in [1.82, 2.24) is 10.1 Å². The van der Waals surface area contributed by atoms with Gasteiger partial charge in [0.1, 0.15) is 0 Å². The quantitative estimate of drug-likeness (QED) is 0.727. The maximum Gasteiger partial charge on any atom is 0.258 e. The molecule has 1 amide bonds. The van der Waals surface area contributed by atoms with Crippen LogP contribution in [-0.4, -0.2) is 16.0 Å². The molecule has 0 atom stereocenters. The number of nitrogens with zero attached hydrogens (tertiary/aromatic N) is 3. The number of carbonyl (C=O) groups is 1. The largest absolute Gasteiger partial charge is 0.339 e. The average Bonchev–Trinajstić information content (AvgIpc) is 3.12. The third-order valence-electron chi connectivity index (χ3n) is 3.76. The third kappa shape index (κ3) is 1.98. The Balaban J connectivity index is 1.71. The van der Waals surface area contributed by atoms with Gasteiger partial charge in [0.15, 0.2) is 0 Å². The van der Waals surface area contributed by atoms with Gasteiger partial charge in [-0.25, -0.2) is 0 Å². The molecule has 0 fully saturated rings. The van der Waals surface area contributed by atoms with Crippen LogP contribution in [0.3, 0.4) is 0 Å². The van der Waals surface area contributed by atoms with Gasteiger partial charge in [0, 0.05) is 23.7 Å². The third-order valence-corrected chi connectivity index (χ3v) is 3.76. The fourth-order valence-corrected chi connectivity index (χ4v) is 2.69. The molecule has 22 heavy (non-hydrogen) atoms. The second kappa shape index (κ2) is 4.80. The fourth-order valence-electron chi connectivity index (χ4n) is 2.69. The fraction of sp³-hybridized carbons (Fsp3) is 0.118. The standard InChI is InChI=1S/C17H13N3O2/c1-11-18-16(19-22-11)12-7-8-15-13(9-12)10-20(17(15)21)14-5-3-2-4-6-14/h2-9H,10H2,1H3. The lowest BCUT2D eigenvalue weighted by molar-refractivity contribution is 0.0996. The van der Waals surface area contributed by atoms with Crippen LogP contribution in [0, 0.1) is 6.92 Å². The first-order chi connectivity index (χ1) is 10.7. The van der Waals surface area contributed by atoms with E-state index in [-0.39, 0.29) is 5.91 Å². The van der Waals surface area contributed by atoms with Crippen LogP contribution < -0.4 is 4.90 Å². The molecule has 0 bridgehead atoms. The zero-order valence-corrected chi connectivity index (χ0v) is 12.0. The summed E-state index contributed by atoms with van der Waals surface area (Å²) < 4.78 is 5.01. The number of aromatic nitrogens is 2. The van der Waals surface area contributed by atoms with Crippen LogP contribution >= 0.6 is 0 Å². The van der Waals surface area contributed by atoms with Crippen molar-refractivity contribution in [1.29, 1.82) is 0 Å². The first-order valence-corrected chi connectivity index (χ1v) is 7.03. The van der Waals surface area contributed by atoms with Gasteiger partial charge in [-0.3, -0.25) is 4.79 Å². The zero-order chi connectivity index (χ0) is 15.1. The Morgan fingerprint density at radius 1 is 1.14 bits per heavy atom. The second-order valence-corrected chi connectivity index (χ2v) is 5.24. The predicted octanol–water partition coefficient (Wildman–Crippen LogP) is 3.21. The highest BCUT2D eigenvalue weighted by molar-refractivity contribution is 6.10. The Kier molecular flexibility index (Phi) is 2.79. The number of anilines is 1. The minimum Gasteiger partial charge on any atom is -0.339 e. The number of hydrogen-bond donors (Lipinski definition) is 0. The van der Waals surface area contributed by atoms with Crippen molar-refractivity contribution < 1.29 is 9.32 Å². The highest BCUT2D eigenvalue weighted by Gasteiger charge is 2.28. The Bertz CT molecular complexity index is 855. The zero-order valence-electron chi connectivity index (χ0n) is 12.0. The molecule has 0 saturated carbocycles. The highest BCUT2D eigenvalue weighted by atomic mass is 16.5. The molecule has 0 spiro atoms. The second-order valence-electron chi connectivity index (χ2n) is 5.24. The van der Waals surface area contributed by atoms with Crippen molar-refractivity contribution in [2.45, 2.75) is 13.5 Å². The Hall–Kier alpha value is -2.95. The molecule has 1 aliphatic rings. The van der Waals surface area contributed by atoms with Gasteiger partial charge in [0.2, 0.25) is 11.7 Å². The molecule has 5 nitrogen and oxygen atoms in total. The van der Waals surface area contributed by atoms with Gasteiger partial charge < -0.3 is 9.42 Å². The molecule has 0 unspecified atom stereocenters. The van der Waals surface area contributed by atoms with E-state index in [1.807, 2.05) is 48.5 Å². The first-order valence-electron chi connectivity index (χ1n) is 7.03. The van der Waals surface area contributed by atoms with Crippen molar-refractivity contribution in [2.24, 2.45) is 0 Å². The molecule has 108 valence electrons. The van der Waals surface area contributed by atoms with E-state index in [9.17, 15) is 4.79 Å². The van der Waals surface area contributed by atoms with E-state index in [2.05, 4.69) is 10.1 Å². The summed E-state index contributed by atoms with van der Waals surface area (Å²) in [5, 5.41) is 3.92. The van der Waals surface area contributed by atoms with Crippen LogP contribution in [0.5, 0.6) is 0 Å². The number of benzene rings is 2. The summed E-state index contributed by atoms with van der Waals surface area (Å²) in [5.74, 6) is 1.10. The number of para-hydroxylation sites is 1. The van der Waals surface area contributed by atoms with Crippen LogP contribution in [0.25, 0.3) is 11.4 Å². The number of carbonyl (C=O) groups excluding carboxylic acids is 1. The van der Waals surface area contributed by atoms with Crippen molar-refractivity contribution in [3.63, 3.8) is 0 Å². The van der Waals surface area contributed by atoms with E-state index >= 15 is 0 Å². The molecular weight excluding hydrogens is 278 g/mol. The van der Waals surface area contributed by atoms with Crippen molar-refractivity contribution >= 4 is 11.6 Å². The lowest BCUT2D eigenvalue weighted by atomic mass is 10.1. The molecule has 0 aliphatic carbocycles. The monoisotopic (exact) mass is 291 g/mol. The maximum absolute atomic E-state index is 12.5. The minimum atomic E-state index is 0.0250. The van der Waals surface area contributed by atoms with Gasteiger partial charge in [-0.2, -0.15) is 4.98 Å². The highest BCUT2D eigenvalue weighted by Crippen LogP contribution is 2.30. The van der Waals surface area contributed by atoms with Crippen molar-refractivity contribution in [2.75, 3.05) is 4.90 Å². The van der Waals surface area contributed by atoms with E-state index in [0.29, 0.717) is 18.3 Å². The summed E-state index contributed by atoms with van der Waals surface area (Å²) in [7, 11) is 0. The maximum atomic E-state index is 12.5. The van der Waals surface area contributed by atoms with Crippen molar-refractivity contribution in [3.05, 3.63) is 65.5 Å². The van der Waals surface area contributed by atoms with Gasteiger partial charge >= 0.3 is 0 Å². The van der Waals surface area contributed by atoms with E-state index < -0.39 is 0 Å². The van der Waals surface area contributed by atoms with Crippen molar-refractivity contribution in [3.8, 4) is 11.4 Å². The van der Waals surface area contributed by atoms with Gasteiger partial charge in [-0.15, -0.1) is 0 Å². The van der Waals surface area contributed by atoms with Crippen LogP contribution in [-0.2, 0) is 6.54 Å². The summed E-state index contributed by atoms with van der Waals surface area (Å²) in [4.78, 5) is 18.5. The molecule has 4 rings (SSSR count). The summed E-state index contributed by atoms with van der Waals surface area (Å²) in [6.07, 6.45) is 0. The molecule has 0 N–H and O–H groups in total. The van der Waals surface area contributed by atoms with Gasteiger partial charge in [-0.1, -0.05) is 29.4 Å². The SMILES string of the molecule is Cc1nc(-c2ccc3c(c2)CN(c2ccccc2)C3=O)no1. The Labute approximate surface area is 127 Å². The van der Waals surface area contributed by atoms with E-state index in [1.54, 1.807) is 11.8 Å². The van der Waals surface area contributed by atoms with E-state index in [0.717, 1.165) is 22.4 Å². The molecule has 0 radical (unpaired) electrons. The Morgan fingerprint density at radius 2 is 1.95 bits per heavy atom. The number of amides is 1. The van der Waals surface area contributed by atoms with Gasteiger partial charge in [-0.05, 0) is 29.8 Å². The molecular formula is C17H13N3O2. The normalized spacial score (nSPS) is 13.5.